The van der Waals surface area contributed by atoms with Crippen LogP contribution < -0.4 is 4.74 Å². The number of methoxy groups -OCH3 is 1. The molecule has 0 bridgehead atoms. The van der Waals surface area contributed by atoms with Gasteiger partial charge in [0.05, 0.1) is 18.6 Å². The molecule has 2 rings (SSSR count). The van der Waals surface area contributed by atoms with E-state index in [2.05, 4.69) is 4.90 Å². The first kappa shape index (κ1) is 21.2. The second-order valence-corrected chi connectivity index (χ2v) is 11.9. The molecule has 0 spiro atoms. The van der Waals surface area contributed by atoms with E-state index in [9.17, 15) is 16.8 Å². The standard InChI is InChI=1S/C18H29NO5S2/c1-24-18-6-4-5-15(10-18)7-8-19-11-16(13-25(2,20)21)9-17(12-19)14-26(3,22)23/h4-6,10,16-17H,7-9,11-14H2,1-3H3/t16-,17+. The van der Waals surface area contributed by atoms with Crippen molar-refractivity contribution < 1.29 is 21.6 Å². The third-order valence-electron chi connectivity index (χ3n) is 4.63. The van der Waals surface area contributed by atoms with Crippen molar-refractivity contribution in [3.05, 3.63) is 29.8 Å². The molecule has 0 N–H and O–H groups in total. The highest BCUT2D eigenvalue weighted by molar-refractivity contribution is 7.90. The Morgan fingerprint density at radius 1 is 1.04 bits per heavy atom. The maximum absolute atomic E-state index is 11.7. The molecule has 0 saturated carbocycles. The summed E-state index contributed by atoms with van der Waals surface area (Å²) in [5.41, 5.74) is 1.15. The van der Waals surface area contributed by atoms with Crippen molar-refractivity contribution in [1.82, 2.24) is 4.90 Å². The first-order chi connectivity index (χ1) is 12.0. The van der Waals surface area contributed by atoms with Gasteiger partial charge in [0.25, 0.3) is 0 Å². The zero-order chi connectivity index (χ0) is 19.4. The summed E-state index contributed by atoms with van der Waals surface area (Å²) in [6, 6.07) is 7.87. The Kier molecular flexibility index (Phi) is 7.10. The van der Waals surface area contributed by atoms with Gasteiger partial charge >= 0.3 is 0 Å². The molecular weight excluding hydrogens is 374 g/mol. The number of piperidine rings is 1. The molecule has 1 heterocycles. The minimum Gasteiger partial charge on any atom is -0.497 e. The minimum atomic E-state index is -3.08. The van der Waals surface area contributed by atoms with Crippen LogP contribution in [0, 0.1) is 11.8 Å². The van der Waals surface area contributed by atoms with E-state index < -0.39 is 19.7 Å². The van der Waals surface area contributed by atoms with E-state index >= 15 is 0 Å². The lowest BCUT2D eigenvalue weighted by molar-refractivity contribution is 0.145. The Labute approximate surface area is 157 Å². The van der Waals surface area contributed by atoms with Gasteiger partial charge in [0, 0.05) is 32.1 Å². The predicted octanol–water partition coefficient (Wildman–Crippen LogP) is 1.26. The number of hydrogen-bond acceptors (Lipinski definition) is 6. The number of nitrogens with zero attached hydrogens (tertiary/aromatic N) is 1. The van der Waals surface area contributed by atoms with Crippen LogP contribution in [0.1, 0.15) is 12.0 Å². The first-order valence-electron chi connectivity index (χ1n) is 8.75. The highest BCUT2D eigenvalue weighted by Crippen LogP contribution is 2.25. The van der Waals surface area contributed by atoms with Gasteiger partial charge in [0.2, 0.25) is 0 Å². The number of benzene rings is 1. The van der Waals surface area contributed by atoms with Gasteiger partial charge in [-0.3, -0.25) is 0 Å². The zero-order valence-electron chi connectivity index (χ0n) is 15.7. The summed E-state index contributed by atoms with van der Waals surface area (Å²) in [7, 11) is -4.53. The lowest BCUT2D eigenvalue weighted by Gasteiger charge is -2.37. The Morgan fingerprint density at radius 2 is 1.62 bits per heavy atom. The first-order valence-corrected chi connectivity index (χ1v) is 12.9. The Hall–Kier alpha value is -1.12. The molecule has 0 unspecified atom stereocenters. The zero-order valence-corrected chi connectivity index (χ0v) is 17.4. The molecule has 0 amide bonds. The van der Waals surface area contributed by atoms with Crippen LogP contribution >= 0.6 is 0 Å². The van der Waals surface area contributed by atoms with Gasteiger partial charge < -0.3 is 9.64 Å². The van der Waals surface area contributed by atoms with Crippen LogP contribution in [0.25, 0.3) is 0 Å². The molecule has 148 valence electrons. The molecular formula is C18H29NO5S2. The van der Waals surface area contributed by atoms with Crippen LogP contribution in [0.15, 0.2) is 24.3 Å². The highest BCUT2D eigenvalue weighted by atomic mass is 32.2. The largest absolute Gasteiger partial charge is 0.497 e. The predicted molar refractivity (Wildman–Crippen MR) is 104 cm³/mol. The van der Waals surface area contributed by atoms with Crippen molar-refractivity contribution in [2.24, 2.45) is 11.8 Å². The second kappa shape index (κ2) is 8.71. The van der Waals surface area contributed by atoms with Gasteiger partial charge in [-0.2, -0.15) is 0 Å². The summed E-state index contributed by atoms with van der Waals surface area (Å²) in [5.74, 6) is 1.00. The summed E-state index contributed by atoms with van der Waals surface area (Å²) in [6.45, 7) is 2.16. The van der Waals surface area contributed by atoms with Gasteiger partial charge in [-0.25, -0.2) is 16.8 Å². The molecule has 0 radical (unpaired) electrons. The number of sulfone groups is 2. The van der Waals surface area contributed by atoms with E-state index in [0.717, 1.165) is 24.3 Å². The van der Waals surface area contributed by atoms with Crippen LogP contribution in [-0.2, 0) is 26.1 Å². The van der Waals surface area contributed by atoms with Crippen LogP contribution in [0.5, 0.6) is 5.75 Å². The van der Waals surface area contributed by atoms with Crippen LogP contribution in [0.4, 0.5) is 0 Å². The number of hydrogen-bond donors (Lipinski definition) is 0. The van der Waals surface area contributed by atoms with Crippen molar-refractivity contribution in [2.45, 2.75) is 12.8 Å². The average Bonchev–Trinajstić information content (AvgIpc) is 2.49. The quantitative estimate of drug-likeness (QED) is 0.650. The fourth-order valence-corrected chi connectivity index (χ4v) is 6.02. The number of likely N-dealkylation sites (tertiary alicyclic amines) is 1. The smallest absolute Gasteiger partial charge is 0.147 e. The van der Waals surface area contributed by atoms with Crippen LogP contribution in [-0.4, -0.2) is 72.5 Å². The minimum absolute atomic E-state index is 0.0178. The maximum atomic E-state index is 11.7. The lowest BCUT2D eigenvalue weighted by Crippen LogP contribution is -2.45. The van der Waals surface area contributed by atoms with Crippen molar-refractivity contribution in [1.29, 1.82) is 0 Å². The molecule has 1 aromatic carbocycles. The van der Waals surface area contributed by atoms with Gasteiger partial charge in [-0.15, -0.1) is 0 Å². The summed E-state index contributed by atoms with van der Waals surface area (Å²) < 4.78 is 52.0. The van der Waals surface area contributed by atoms with E-state index in [1.807, 2.05) is 24.3 Å². The highest BCUT2D eigenvalue weighted by Gasteiger charge is 2.30. The summed E-state index contributed by atoms with van der Waals surface area (Å²) in [5, 5.41) is 0. The summed E-state index contributed by atoms with van der Waals surface area (Å²) >= 11 is 0. The fraction of sp³-hybridized carbons (Fsp3) is 0.667. The average molecular weight is 404 g/mol. The normalized spacial score (nSPS) is 22.3. The van der Waals surface area contributed by atoms with Gasteiger partial charge in [0.1, 0.15) is 25.4 Å². The second-order valence-electron chi connectivity index (χ2n) is 7.51. The van der Waals surface area contributed by atoms with E-state index in [0.29, 0.717) is 19.5 Å². The van der Waals surface area contributed by atoms with E-state index in [4.69, 9.17) is 4.74 Å². The van der Waals surface area contributed by atoms with Gasteiger partial charge in [0.15, 0.2) is 0 Å². The van der Waals surface area contributed by atoms with Crippen LogP contribution in [0.2, 0.25) is 0 Å². The third-order valence-corrected chi connectivity index (χ3v) is 6.78. The Morgan fingerprint density at radius 3 is 2.12 bits per heavy atom. The van der Waals surface area contributed by atoms with Crippen molar-refractivity contribution in [3.63, 3.8) is 0 Å². The van der Waals surface area contributed by atoms with E-state index in [1.165, 1.54) is 12.5 Å². The molecule has 1 aliphatic heterocycles. The third kappa shape index (κ3) is 7.63. The van der Waals surface area contributed by atoms with Crippen molar-refractivity contribution in [3.8, 4) is 5.75 Å². The van der Waals surface area contributed by atoms with Gasteiger partial charge in [-0.1, -0.05) is 12.1 Å². The number of rotatable bonds is 8. The molecule has 1 saturated heterocycles. The number of ether oxygens (including phenoxy) is 1. The van der Waals surface area contributed by atoms with Gasteiger partial charge in [-0.05, 0) is 42.4 Å². The molecule has 1 fully saturated rings. The fourth-order valence-electron chi connectivity index (χ4n) is 3.82. The molecule has 1 aliphatic rings. The molecule has 2 atom stereocenters. The monoisotopic (exact) mass is 403 g/mol. The molecule has 0 aliphatic carbocycles. The van der Waals surface area contributed by atoms with Crippen molar-refractivity contribution in [2.75, 3.05) is 50.8 Å². The van der Waals surface area contributed by atoms with Crippen LogP contribution in [0.3, 0.4) is 0 Å². The molecule has 8 heteroatoms. The summed E-state index contributed by atoms with van der Waals surface area (Å²) in [4.78, 5) is 2.20. The maximum Gasteiger partial charge on any atom is 0.147 e. The Bertz CT molecular complexity index is 763. The molecule has 0 aromatic heterocycles. The topological polar surface area (TPSA) is 80.8 Å². The van der Waals surface area contributed by atoms with E-state index in [1.54, 1.807) is 7.11 Å². The lowest BCUT2D eigenvalue weighted by atomic mass is 9.91. The molecule has 6 nitrogen and oxygen atoms in total. The molecule has 1 aromatic rings. The summed E-state index contributed by atoms with van der Waals surface area (Å²) in [6.07, 6.45) is 3.95. The Balaban J connectivity index is 2.04. The van der Waals surface area contributed by atoms with E-state index in [-0.39, 0.29) is 23.3 Å². The SMILES string of the molecule is COc1cccc(CCN2C[C@H](CS(C)(=O)=O)C[C@H](CS(C)(=O)=O)C2)c1. The molecule has 26 heavy (non-hydrogen) atoms. The van der Waals surface area contributed by atoms with Crippen molar-refractivity contribution >= 4 is 19.7 Å².